The summed E-state index contributed by atoms with van der Waals surface area (Å²) in [5.41, 5.74) is 2.44. The molecule has 3 rings (SSSR count). The molecule has 106 valence electrons. The fourth-order valence-corrected chi connectivity index (χ4v) is 3.04. The zero-order valence-electron chi connectivity index (χ0n) is 10.7. The lowest BCUT2D eigenvalue weighted by Gasteiger charge is -2.22. The van der Waals surface area contributed by atoms with Crippen molar-refractivity contribution in [2.45, 2.75) is 18.9 Å². The second-order valence-electron chi connectivity index (χ2n) is 4.30. The van der Waals surface area contributed by atoms with Crippen LogP contribution in [0.5, 0.6) is 0 Å². The van der Waals surface area contributed by atoms with Crippen LogP contribution < -0.4 is 16.6 Å². The maximum Gasteiger partial charge on any atom is 0.258 e. The van der Waals surface area contributed by atoms with Crippen LogP contribution in [-0.4, -0.2) is 47.3 Å². The van der Waals surface area contributed by atoms with E-state index in [9.17, 15) is 0 Å². The van der Waals surface area contributed by atoms with Gasteiger partial charge in [-0.2, -0.15) is 36.5 Å². The summed E-state index contributed by atoms with van der Waals surface area (Å²) < 4.78 is 1.46. The first-order valence-electron chi connectivity index (χ1n) is 6.27. The Labute approximate surface area is 119 Å². The van der Waals surface area contributed by atoms with Crippen molar-refractivity contribution < 1.29 is 0 Å². The smallest absolute Gasteiger partial charge is 0.258 e. The Morgan fingerprint density at radius 2 is 2.00 bits per heavy atom. The molecule has 0 radical (unpaired) electrons. The molecule has 3 heterocycles. The predicted molar refractivity (Wildman–Crippen MR) is 76.5 cm³/mol. The van der Waals surface area contributed by atoms with E-state index in [0.717, 1.165) is 24.3 Å². The Hall–Kier alpha value is -1.94. The van der Waals surface area contributed by atoms with Gasteiger partial charge in [0, 0.05) is 6.04 Å². The Kier molecular flexibility index (Phi) is 3.92. The number of aromatic nitrogens is 6. The van der Waals surface area contributed by atoms with Crippen molar-refractivity contribution in [3.63, 3.8) is 0 Å². The van der Waals surface area contributed by atoms with Gasteiger partial charge < -0.3 is 5.32 Å². The lowest BCUT2D eigenvalue weighted by Crippen LogP contribution is -2.26. The van der Waals surface area contributed by atoms with E-state index < -0.39 is 0 Å². The van der Waals surface area contributed by atoms with E-state index in [1.54, 1.807) is 0 Å². The maximum atomic E-state index is 5.39. The van der Waals surface area contributed by atoms with E-state index in [1.807, 2.05) is 11.8 Å². The Balaban J connectivity index is 1.84. The number of rotatable bonds is 4. The number of hydrogen-bond donors (Lipinski definition) is 3. The molecule has 2 aromatic rings. The van der Waals surface area contributed by atoms with Crippen LogP contribution in [0.3, 0.4) is 0 Å². The molecule has 20 heavy (non-hydrogen) atoms. The van der Waals surface area contributed by atoms with E-state index in [0.29, 0.717) is 17.9 Å². The summed E-state index contributed by atoms with van der Waals surface area (Å²) in [6.45, 7) is 0. The molecule has 10 heteroatoms. The third-order valence-corrected chi connectivity index (χ3v) is 3.98. The predicted octanol–water partition coefficient (Wildman–Crippen LogP) is 0.0454. The summed E-state index contributed by atoms with van der Waals surface area (Å²) >= 11 is 1.97. The summed E-state index contributed by atoms with van der Waals surface area (Å²) in [4.78, 5) is 16.6. The van der Waals surface area contributed by atoms with Gasteiger partial charge in [-0.1, -0.05) is 0 Å². The van der Waals surface area contributed by atoms with Gasteiger partial charge in [0.1, 0.15) is 12.7 Å². The van der Waals surface area contributed by atoms with Gasteiger partial charge in [0.25, 0.3) is 5.95 Å². The zero-order valence-corrected chi connectivity index (χ0v) is 11.5. The molecule has 9 nitrogen and oxygen atoms in total. The molecular weight excluding hydrogens is 278 g/mol. The van der Waals surface area contributed by atoms with E-state index in [4.69, 9.17) is 5.84 Å². The van der Waals surface area contributed by atoms with Crippen molar-refractivity contribution in [2.24, 2.45) is 5.84 Å². The number of hydrazine groups is 1. The molecule has 0 amide bonds. The van der Waals surface area contributed by atoms with Crippen LogP contribution in [0.25, 0.3) is 5.95 Å². The second-order valence-corrected chi connectivity index (χ2v) is 5.52. The summed E-state index contributed by atoms with van der Waals surface area (Å²) in [6, 6.07) is 0.382. The fraction of sp³-hybridized carbons (Fsp3) is 0.500. The largest absolute Gasteiger partial charge is 0.351 e. The molecule has 0 spiro atoms. The minimum atomic E-state index is 0.290. The monoisotopic (exact) mass is 293 g/mol. The highest BCUT2D eigenvalue weighted by atomic mass is 32.2. The highest BCUT2D eigenvalue weighted by molar-refractivity contribution is 7.99. The molecule has 1 fully saturated rings. The molecule has 0 unspecified atom stereocenters. The van der Waals surface area contributed by atoms with E-state index in [2.05, 4.69) is 35.8 Å². The maximum absolute atomic E-state index is 5.39. The lowest BCUT2D eigenvalue weighted by atomic mass is 10.2. The van der Waals surface area contributed by atoms with Crippen LogP contribution in [0.4, 0.5) is 11.9 Å². The fourth-order valence-electron chi connectivity index (χ4n) is 1.93. The summed E-state index contributed by atoms with van der Waals surface area (Å²) in [6.07, 6.45) is 5.14. The van der Waals surface area contributed by atoms with Crippen molar-refractivity contribution in [1.29, 1.82) is 0 Å². The van der Waals surface area contributed by atoms with Gasteiger partial charge in [0.2, 0.25) is 11.9 Å². The average molecular weight is 293 g/mol. The van der Waals surface area contributed by atoms with Gasteiger partial charge in [0.05, 0.1) is 0 Å². The zero-order chi connectivity index (χ0) is 13.8. The van der Waals surface area contributed by atoms with Crippen LogP contribution in [0, 0.1) is 0 Å². The Morgan fingerprint density at radius 1 is 1.20 bits per heavy atom. The topological polar surface area (TPSA) is 119 Å². The van der Waals surface area contributed by atoms with Gasteiger partial charge in [-0.05, 0) is 24.3 Å². The SMILES string of the molecule is NNc1nc(NC2CCSCC2)nc(-n2cncn2)n1. The van der Waals surface area contributed by atoms with Gasteiger partial charge in [-0.3, -0.25) is 5.43 Å². The van der Waals surface area contributed by atoms with Crippen LogP contribution in [0.1, 0.15) is 12.8 Å². The van der Waals surface area contributed by atoms with Crippen LogP contribution in [-0.2, 0) is 0 Å². The number of hydrogen-bond acceptors (Lipinski definition) is 9. The third-order valence-electron chi connectivity index (χ3n) is 2.93. The Morgan fingerprint density at radius 3 is 2.70 bits per heavy atom. The van der Waals surface area contributed by atoms with Crippen molar-refractivity contribution in [2.75, 3.05) is 22.2 Å². The van der Waals surface area contributed by atoms with Crippen LogP contribution >= 0.6 is 11.8 Å². The first-order valence-corrected chi connectivity index (χ1v) is 7.42. The first-order chi connectivity index (χ1) is 9.85. The van der Waals surface area contributed by atoms with E-state index in [-0.39, 0.29) is 5.95 Å². The molecule has 0 aromatic carbocycles. The van der Waals surface area contributed by atoms with Crippen LogP contribution in [0.2, 0.25) is 0 Å². The third kappa shape index (κ3) is 2.96. The molecule has 2 aromatic heterocycles. The molecular formula is C10H15N9S. The number of nitrogens with one attached hydrogen (secondary N) is 2. The van der Waals surface area contributed by atoms with Gasteiger partial charge in [0.15, 0.2) is 0 Å². The molecule has 0 atom stereocenters. The molecule has 1 saturated heterocycles. The number of nitrogens with zero attached hydrogens (tertiary/aromatic N) is 6. The molecule has 0 bridgehead atoms. The summed E-state index contributed by atoms with van der Waals surface area (Å²) in [5.74, 6) is 8.86. The van der Waals surface area contributed by atoms with Gasteiger partial charge in [-0.15, -0.1) is 0 Å². The highest BCUT2D eigenvalue weighted by Gasteiger charge is 2.16. The van der Waals surface area contributed by atoms with Crippen LogP contribution in [0.15, 0.2) is 12.7 Å². The minimum absolute atomic E-state index is 0.290. The van der Waals surface area contributed by atoms with Crippen molar-refractivity contribution in [1.82, 2.24) is 29.7 Å². The van der Waals surface area contributed by atoms with Crippen molar-refractivity contribution in [3.8, 4) is 5.95 Å². The standard InChI is InChI=1S/C10H15N9S/c11-18-9-15-8(14-7-1-3-20-4-2-7)16-10(17-9)19-6-12-5-13-19/h5-7H,1-4,11H2,(H2,14,15,16,17,18). The number of anilines is 2. The lowest BCUT2D eigenvalue weighted by molar-refractivity contribution is 0.657. The Bertz CT molecular complexity index is 552. The molecule has 1 aliphatic heterocycles. The van der Waals surface area contributed by atoms with E-state index >= 15 is 0 Å². The number of nitrogen functional groups attached to an aromatic ring is 1. The average Bonchev–Trinajstić information content (AvgIpc) is 3.02. The van der Waals surface area contributed by atoms with E-state index in [1.165, 1.54) is 17.3 Å². The second kappa shape index (κ2) is 6.01. The van der Waals surface area contributed by atoms with Gasteiger partial charge >= 0.3 is 0 Å². The van der Waals surface area contributed by atoms with Crippen molar-refractivity contribution >= 4 is 23.7 Å². The highest BCUT2D eigenvalue weighted by Crippen LogP contribution is 2.20. The summed E-state index contributed by atoms with van der Waals surface area (Å²) in [7, 11) is 0. The number of thioether (sulfide) groups is 1. The molecule has 0 aliphatic carbocycles. The number of nitrogens with two attached hydrogens (primary N) is 1. The summed E-state index contributed by atoms with van der Waals surface area (Å²) in [5, 5.41) is 7.33. The molecule has 1 aliphatic rings. The molecule has 4 N–H and O–H groups in total. The van der Waals surface area contributed by atoms with Crippen molar-refractivity contribution in [3.05, 3.63) is 12.7 Å². The normalized spacial score (nSPS) is 16.1. The quantitative estimate of drug-likeness (QED) is 0.530. The van der Waals surface area contributed by atoms with Gasteiger partial charge in [-0.25, -0.2) is 10.8 Å². The minimum Gasteiger partial charge on any atom is -0.351 e. The molecule has 0 saturated carbocycles. The first kappa shape index (κ1) is 13.1.